The van der Waals surface area contributed by atoms with E-state index in [1.54, 1.807) is 0 Å². The summed E-state index contributed by atoms with van der Waals surface area (Å²) in [6.07, 6.45) is 3.09. The molecule has 0 amide bonds. The van der Waals surface area contributed by atoms with Crippen molar-refractivity contribution < 1.29 is 14.3 Å². The third kappa shape index (κ3) is 1.92. The van der Waals surface area contributed by atoms with Crippen molar-refractivity contribution in [1.29, 1.82) is 0 Å². The maximum Gasteiger partial charge on any atom is 0.142 e. The Bertz CT molecular complexity index is 318. The number of carbonyl (C=O) groups excluding carboxylic acids is 1. The van der Waals surface area contributed by atoms with Gasteiger partial charge in [0.2, 0.25) is 0 Å². The Morgan fingerprint density at radius 3 is 2.75 bits per heavy atom. The smallest absolute Gasteiger partial charge is 0.142 e. The lowest BCUT2D eigenvalue weighted by Crippen LogP contribution is -1.80. The predicted octanol–water partition coefficient (Wildman–Crippen LogP) is 1.74. The van der Waals surface area contributed by atoms with Crippen LogP contribution in [-0.2, 0) is 4.79 Å². The molecule has 12 heavy (non-hydrogen) atoms. The second-order valence-corrected chi connectivity index (χ2v) is 2.20. The highest BCUT2D eigenvalue weighted by atomic mass is 19.1. The van der Waals surface area contributed by atoms with E-state index in [-0.39, 0.29) is 11.3 Å². The number of benzene rings is 1. The number of hydrogen-bond donors (Lipinski definition) is 1. The van der Waals surface area contributed by atoms with E-state index in [1.165, 1.54) is 24.3 Å². The molecule has 3 heteroatoms. The molecule has 0 heterocycles. The minimum absolute atomic E-state index is 0.129. The molecule has 0 aromatic heterocycles. The van der Waals surface area contributed by atoms with E-state index in [0.717, 1.165) is 6.07 Å². The summed E-state index contributed by atoms with van der Waals surface area (Å²) < 4.78 is 12.8. The second-order valence-electron chi connectivity index (χ2n) is 2.20. The van der Waals surface area contributed by atoms with Gasteiger partial charge in [0.15, 0.2) is 0 Å². The molecule has 0 saturated heterocycles. The molecular weight excluding hydrogens is 159 g/mol. The molecule has 0 saturated carbocycles. The van der Waals surface area contributed by atoms with Crippen molar-refractivity contribution in [3.8, 4) is 5.75 Å². The van der Waals surface area contributed by atoms with Crippen LogP contribution in [0.4, 0.5) is 4.39 Å². The number of aldehydes is 1. The standard InChI is InChI=1S/C9H7FO2/c10-9-6-8(12)4-3-7(9)2-1-5-11/h1-6,12H. The number of carbonyl (C=O) groups is 1. The van der Waals surface area contributed by atoms with Crippen molar-refractivity contribution in [2.75, 3.05) is 0 Å². The second kappa shape index (κ2) is 3.67. The average Bonchev–Trinajstić information content (AvgIpc) is 2.03. The summed E-state index contributed by atoms with van der Waals surface area (Å²) >= 11 is 0. The maximum absolute atomic E-state index is 12.8. The van der Waals surface area contributed by atoms with Crippen molar-refractivity contribution in [2.45, 2.75) is 0 Å². The third-order valence-electron chi connectivity index (χ3n) is 1.34. The molecule has 0 radical (unpaired) electrons. The van der Waals surface area contributed by atoms with E-state index in [2.05, 4.69) is 0 Å². The van der Waals surface area contributed by atoms with Gasteiger partial charge in [-0.1, -0.05) is 0 Å². The number of hydrogen-bond acceptors (Lipinski definition) is 2. The fraction of sp³-hybridized carbons (Fsp3) is 0. The molecule has 0 spiro atoms. The molecule has 1 rings (SSSR count). The van der Waals surface area contributed by atoms with Crippen LogP contribution >= 0.6 is 0 Å². The van der Waals surface area contributed by atoms with Gasteiger partial charge < -0.3 is 5.11 Å². The Morgan fingerprint density at radius 1 is 1.42 bits per heavy atom. The van der Waals surface area contributed by atoms with Crippen LogP contribution in [0.5, 0.6) is 5.75 Å². The van der Waals surface area contributed by atoms with E-state index in [9.17, 15) is 9.18 Å². The number of halogens is 1. The fourth-order valence-corrected chi connectivity index (χ4v) is 0.794. The molecule has 0 unspecified atom stereocenters. The first kappa shape index (κ1) is 8.46. The van der Waals surface area contributed by atoms with Crippen LogP contribution in [0.1, 0.15) is 5.56 Å². The van der Waals surface area contributed by atoms with Crippen LogP contribution in [0.15, 0.2) is 24.3 Å². The Hall–Kier alpha value is -1.64. The zero-order valence-electron chi connectivity index (χ0n) is 6.20. The average molecular weight is 166 g/mol. The van der Waals surface area contributed by atoms with Gasteiger partial charge in [0.05, 0.1) is 0 Å². The summed E-state index contributed by atoms with van der Waals surface area (Å²) in [5.74, 6) is -0.677. The zero-order chi connectivity index (χ0) is 8.97. The lowest BCUT2D eigenvalue weighted by atomic mass is 10.2. The highest BCUT2D eigenvalue weighted by Gasteiger charge is 1.98. The van der Waals surface area contributed by atoms with E-state index >= 15 is 0 Å². The fourth-order valence-electron chi connectivity index (χ4n) is 0.794. The summed E-state index contributed by atoms with van der Waals surface area (Å²) in [5.41, 5.74) is 0.278. The van der Waals surface area contributed by atoms with Crippen LogP contribution in [0, 0.1) is 5.82 Å². The molecule has 0 aliphatic heterocycles. The molecule has 0 aliphatic carbocycles. The van der Waals surface area contributed by atoms with Crippen LogP contribution in [0.25, 0.3) is 6.08 Å². The summed E-state index contributed by atoms with van der Waals surface area (Å²) in [7, 11) is 0. The van der Waals surface area contributed by atoms with Gasteiger partial charge in [-0.05, 0) is 24.3 Å². The molecule has 0 atom stereocenters. The van der Waals surface area contributed by atoms with Gasteiger partial charge in [0, 0.05) is 11.6 Å². The molecular formula is C9H7FO2. The number of rotatable bonds is 2. The first-order valence-corrected chi connectivity index (χ1v) is 3.34. The zero-order valence-corrected chi connectivity index (χ0v) is 6.20. The molecule has 1 aromatic carbocycles. The summed E-state index contributed by atoms with van der Waals surface area (Å²) in [6, 6.07) is 3.74. The van der Waals surface area contributed by atoms with Gasteiger partial charge in [-0.3, -0.25) is 4.79 Å². The van der Waals surface area contributed by atoms with E-state index in [4.69, 9.17) is 5.11 Å². The molecule has 0 aliphatic rings. The number of allylic oxidation sites excluding steroid dienone is 1. The summed E-state index contributed by atoms with van der Waals surface area (Å²) in [4.78, 5) is 9.90. The van der Waals surface area contributed by atoms with Gasteiger partial charge >= 0.3 is 0 Å². The van der Waals surface area contributed by atoms with Crippen LogP contribution < -0.4 is 0 Å². The minimum atomic E-state index is -0.548. The van der Waals surface area contributed by atoms with Gasteiger partial charge in [0.1, 0.15) is 17.9 Å². The van der Waals surface area contributed by atoms with Gasteiger partial charge in [-0.2, -0.15) is 0 Å². The van der Waals surface area contributed by atoms with Gasteiger partial charge in [-0.15, -0.1) is 0 Å². The van der Waals surface area contributed by atoms with Crippen molar-refractivity contribution >= 4 is 12.4 Å². The number of phenolic OH excluding ortho intramolecular Hbond substituents is 1. The molecule has 1 aromatic rings. The molecule has 0 bridgehead atoms. The number of aromatic hydroxyl groups is 1. The molecule has 2 nitrogen and oxygen atoms in total. The topological polar surface area (TPSA) is 37.3 Å². The van der Waals surface area contributed by atoms with Crippen molar-refractivity contribution in [2.24, 2.45) is 0 Å². The van der Waals surface area contributed by atoms with Crippen LogP contribution in [-0.4, -0.2) is 11.4 Å². The SMILES string of the molecule is O=CC=Cc1ccc(O)cc1F. The van der Waals surface area contributed by atoms with E-state index in [0.29, 0.717) is 6.29 Å². The highest BCUT2D eigenvalue weighted by molar-refractivity contribution is 5.73. The molecule has 0 fully saturated rings. The first-order valence-electron chi connectivity index (χ1n) is 3.34. The Kier molecular flexibility index (Phi) is 2.58. The molecule has 62 valence electrons. The monoisotopic (exact) mass is 166 g/mol. The van der Waals surface area contributed by atoms with Crippen LogP contribution in [0.3, 0.4) is 0 Å². The van der Waals surface area contributed by atoms with Crippen molar-refractivity contribution in [3.05, 3.63) is 35.7 Å². The minimum Gasteiger partial charge on any atom is -0.508 e. The van der Waals surface area contributed by atoms with Gasteiger partial charge in [-0.25, -0.2) is 4.39 Å². The highest BCUT2D eigenvalue weighted by Crippen LogP contribution is 2.15. The Morgan fingerprint density at radius 2 is 2.17 bits per heavy atom. The largest absolute Gasteiger partial charge is 0.508 e. The Balaban J connectivity index is 3.01. The summed E-state index contributed by atoms with van der Waals surface area (Å²) in [5, 5.41) is 8.83. The van der Waals surface area contributed by atoms with E-state index < -0.39 is 5.82 Å². The Labute approximate surface area is 69.0 Å². The van der Waals surface area contributed by atoms with E-state index in [1.807, 2.05) is 0 Å². The van der Waals surface area contributed by atoms with Gasteiger partial charge in [0.25, 0.3) is 0 Å². The summed E-state index contributed by atoms with van der Waals surface area (Å²) in [6.45, 7) is 0. The van der Waals surface area contributed by atoms with Crippen LogP contribution in [0.2, 0.25) is 0 Å². The number of phenols is 1. The molecule has 1 N–H and O–H groups in total. The lowest BCUT2D eigenvalue weighted by Gasteiger charge is -1.95. The van der Waals surface area contributed by atoms with Crippen molar-refractivity contribution in [3.63, 3.8) is 0 Å². The first-order chi connectivity index (χ1) is 5.74. The quantitative estimate of drug-likeness (QED) is 0.536. The maximum atomic E-state index is 12.8. The van der Waals surface area contributed by atoms with Crippen molar-refractivity contribution in [1.82, 2.24) is 0 Å². The normalized spacial score (nSPS) is 10.4. The third-order valence-corrected chi connectivity index (χ3v) is 1.34. The lowest BCUT2D eigenvalue weighted by molar-refractivity contribution is -0.104. The predicted molar refractivity (Wildman–Crippen MR) is 43.2 cm³/mol.